The van der Waals surface area contributed by atoms with E-state index in [9.17, 15) is 14.0 Å². The monoisotopic (exact) mass is 240 g/mol. The number of carbonyl (C=O) groups is 2. The number of ether oxygens (including phenoxy) is 1. The summed E-state index contributed by atoms with van der Waals surface area (Å²) in [6.07, 6.45) is 0. The van der Waals surface area contributed by atoms with Crippen LogP contribution < -0.4 is 4.74 Å². The van der Waals surface area contributed by atoms with Crippen LogP contribution in [0.2, 0.25) is 0 Å². The molecule has 0 bridgehead atoms. The van der Waals surface area contributed by atoms with Crippen molar-refractivity contribution in [3.8, 4) is 5.75 Å². The van der Waals surface area contributed by atoms with Crippen LogP contribution in [0.4, 0.5) is 4.39 Å². The van der Waals surface area contributed by atoms with Crippen LogP contribution in [0.1, 0.15) is 31.1 Å². The topological polar surface area (TPSA) is 63.6 Å². The number of ketones is 1. The zero-order valence-corrected chi connectivity index (χ0v) is 9.78. The average molecular weight is 240 g/mol. The summed E-state index contributed by atoms with van der Waals surface area (Å²) in [4.78, 5) is 21.8. The number of rotatable bonds is 4. The predicted octanol–water partition coefficient (Wildman–Crippen LogP) is 2.27. The molecule has 0 aliphatic heterocycles. The second kappa shape index (κ2) is 4.53. The lowest BCUT2D eigenvalue weighted by Crippen LogP contribution is -2.37. The van der Waals surface area contributed by atoms with E-state index in [4.69, 9.17) is 9.84 Å². The van der Waals surface area contributed by atoms with Crippen LogP contribution in [0, 0.1) is 5.82 Å². The molecule has 1 rings (SSSR count). The van der Waals surface area contributed by atoms with Crippen LogP contribution in [0.25, 0.3) is 0 Å². The van der Waals surface area contributed by atoms with Crippen LogP contribution in [0.5, 0.6) is 5.75 Å². The molecule has 0 fully saturated rings. The third-order valence-electron chi connectivity index (χ3n) is 2.21. The Morgan fingerprint density at radius 1 is 1.35 bits per heavy atom. The van der Waals surface area contributed by atoms with E-state index in [-0.39, 0.29) is 11.3 Å². The number of aliphatic carboxylic acids is 1. The first-order valence-corrected chi connectivity index (χ1v) is 4.97. The Bertz CT molecular complexity index is 466. The van der Waals surface area contributed by atoms with E-state index in [1.807, 2.05) is 0 Å². The summed E-state index contributed by atoms with van der Waals surface area (Å²) in [5, 5.41) is 8.84. The minimum Gasteiger partial charge on any atom is -0.478 e. The minimum atomic E-state index is -1.45. The number of Topliss-reactive ketones (excluding diaryl/α,β-unsaturated/α-hetero) is 1. The number of carbonyl (C=O) groups excluding carboxylic acids is 1. The Kier molecular flexibility index (Phi) is 3.50. The summed E-state index contributed by atoms with van der Waals surface area (Å²) in [6, 6.07) is 3.64. The lowest BCUT2D eigenvalue weighted by atomic mass is 10.1. The number of carboxylic acid groups (broad SMARTS) is 1. The molecule has 0 heterocycles. The molecule has 0 atom stereocenters. The van der Waals surface area contributed by atoms with E-state index in [0.29, 0.717) is 0 Å². The first-order valence-electron chi connectivity index (χ1n) is 4.97. The molecule has 0 aromatic heterocycles. The van der Waals surface area contributed by atoms with E-state index in [0.717, 1.165) is 6.07 Å². The van der Waals surface area contributed by atoms with Gasteiger partial charge >= 0.3 is 5.97 Å². The highest BCUT2D eigenvalue weighted by Crippen LogP contribution is 2.21. The van der Waals surface area contributed by atoms with Gasteiger partial charge in [0.05, 0.1) is 5.56 Å². The summed E-state index contributed by atoms with van der Waals surface area (Å²) < 4.78 is 18.6. The maximum atomic E-state index is 13.4. The molecular weight excluding hydrogens is 227 g/mol. The quantitative estimate of drug-likeness (QED) is 0.820. The summed E-state index contributed by atoms with van der Waals surface area (Å²) >= 11 is 0. The Labute approximate surface area is 98.0 Å². The molecule has 0 aliphatic carbocycles. The predicted molar refractivity (Wildman–Crippen MR) is 58.7 cm³/mol. The van der Waals surface area contributed by atoms with Crippen molar-refractivity contribution in [3.05, 3.63) is 29.6 Å². The van der Waals surface area contributed by atoms with Crippen LogP contribution in [-0.2, 0) is 4.79 Å². The van der Waals surface area contributed by atoms with Crippen molar-refractivity contribution < 1.29 is 23.8 Å². The van der Waals surface area contributed by atoms with Gasteiger partial charge in [0.25, 0.3) is 0 Å². The molecule has 5 heteroatoms. The normalized spacial score (nSPS) is 11.1. The Hall–Kier alpha value is -1.91. The van der Waals surface area contributed by atoms with Gasteiger partial charge in [-0.1, -0.05) is 0 Å². The van der Waals surface area contributed by atoms with Gasteiger partial charge in [0.15, 0.2) is 11.4 Å². The molecule has 92 valence electrons. The maximum absolute atomic E-state index is 13.4. The molecule has 0 amide bonds. The maximum Gasteiger partial charge on any atom is 0.347 e. The average Bonchev–Trinajstić information content (AvgIpc) is 2.15. The van der Waals surface area contributed by atoms with Crippen molar-refractivity contribution >= 4 is 11.8 Å². The van der Waals surface area contributed by atoms with Crippen LogP contribution in [-0.4, -0.2) is 22.5 Å². The summed E-state index contributed by atoms with van der Waals surface area (Å²) in [7, 11) is 0. The molecule has 0 unspecified atom stereocenters. The lowest BCUT2D eigenvalue weighted by Gasteiger charge is -2.21. The Balaban J connectivity index is 2.99. The van der Waals surface area contributed by atoms with E-state index in [2.05, 4.69) is 0 Å². The number of carboxylic acids is 1. The molecule has 1 aromatic carbocycles. The molecule has 4 nitrogen and oxygen atoms in total. The molecule has 0 spiro atoms. The first-order chi connectivity index (χ1) is 7.74. The molecule has 0 saturated carbocycles. The molecule has 0 aliphatic rings. The van der Waals surface area contributed by atoms with Crippen molar-refractivity contribution in [3.63, 3.8) is 0 Å². The van der Waals surface area contributed by atoms with Crippen molar-refractivity contribution in [2.24, 2.45) is 0 Å². The van der Waals surface area contributed by atoms with Crippen molar-refractivity contribution in [1.29, 1.82) is 0 Å². The van der Waals surface area contributed by atoms with E-state index >= 15 is 0 Å². The first kappa shape index (κ1) is 13.2. The fourth-order valence-electron chi connectivity index (χ4n) is 1.18. The van der Waals surface area contributed by atoms with Crippen LogP contribution in [0.15, 0.2) is 18.2 Å². The highest BCUT2D eigenvalue weighted by Gasteiger charge is 2.29. The minimum absolute atomic E-state index is 0.0505. The Morgan fingerprint density at radius 2 is 1.94 bits per heavy atom. The Morgan fingerprint density at radius 3 is 2.35 bits per heavy atom. The smallest absolute Gasteiger partial charge is 0.347 e. The van der Waals surface area contributed by atoms with Gasteiger partial charge in [-0.25, -0.2) is 9.18 Å². The molecule has 17 heavy (non-hydrogen) atoms. The van der Waals surface area contributed by atoms with Gasteiger partial charge < -0.3 is 9.84 Å². The summed E-state index contributed by atoms with van der Waals surface area (Å²) in [6.45, 7) is 3.96. The second-order valence-electron chi connectivity index (χ2n) is 4.12. The van der Waals surface area contributed by atoms with E-state index in [1.165, 1.54) is 32.9 Å². The highest BCUT2D eigenvalue weighted by molar-refractivity contribution is 5.94. The van der Waals surface area contributed by atoms with Gasteiger partial charge in [-0.15, -0.1) is 0 Å². The molecule has 1 aromatic rings. The van der Waals surface area contributed by atoms with Crippen molar-refractivity contribution in [1.82, 2.24) is 0 Å². The molecule has 0 saturated heterocycles. The van der Waals surface area contributed by atoms with Crippen molar-refractivity contribution in [2.75, 3.05) is 0 Å². The number of benzene rings is 1. The zero-order valence-electron chi connectivity index (χ0n) is 9.78. The van der Waals surface area contributed by atoms with Gasteiger partial charge in [0.1, 0.15) is 11.6 Å². The fourth-order valence-corrected chi connectivity index (χ4v) is 1.18. The fraction of sp³-hybridized carbons (Fsp3) is 0.333. The van der Waals surface area contributed by atoms with Gasteiger partial charge in [-0.2, -0.15) is 0 Å². The van der Waals surface area contributed by atoms with Gasteiger partial charge in [0, 0.05) is 6.07 Å². The number of hydrogen-bond donors (Lipinski definition) is 1. The van der Waals surface area contributed by atoms with Gasteiger partial charge in [-0.3, -0.25) is 4.79 Å². The van der Waals surface area contributed by atoms with Crippen LogP contribution >= 0.6 is 0 Å². The van der Waals surface area contributed by atoms with Crippen LogP contribution in [0.3, 0.4) is 0 Å². The zero-order chi connectivity index (χ0) is 13.2. The van der Waals surface area contributed by atoms with Gasteiger partial charge in [-0.05, 0) is 32.9 Å². The highest BCUT2D eigenvalue weighted by atomic mass is 19.1. The molecule has 1 N–H and O–H groups in total. The third kappa shape index (κ3) is 3.03. The number of halogens is 1. The largest absolute Gasteiger partial charge is 0.478 e. The van der Waals surface area contributed by atoms with Crippen molar-refractivity contribution in [2.45, 2.75) is 26.4 Å². The molecular formula is C12H13FO4. The number of hydrogen-bond acceptors (Lipinski definition) is 3. The third-order valence-corrected chi connectivity index (χ3v) is 2.21. The lowest BCUT2D eigenvalue weighted by molar-refractivity contribution is -0.152. The standard InChI is InChI=1S/C12H13FO4/c1-7(14)9-5-4-8(6-10(9)13)17-12(2,3)11(15)16/h4-6H,1-3H3,(H,15,16). The summed E-state index contributed by atoms with van der Waals surface area (Å²) in [5.41, 5.74) is -1.50. The molecule has 0 radical (unpaired) electrons. The SMILES string of the molecule is CC(=O)c1ccc(OC(C)(C)C(=O)O)cc1F. The van der Waals surface area contributed by atoms with E-state index < -0.39 is 23.2 Å². The second-order valence-corrected chi connectivity index (χ2v) is 4.12. The van der Waals surface area contributed by atoms with Gasteiger partial charge in [0.2, 0.25) is 0 Å². The summed E-state index contributed by atoms with van der Waals surface area (Å²) in [5.74, 6) is -2.21. The van der Waals surface area contributed by atoms with E-state index in [1.54, 1.807) is 0 Å².